The van der Waals surface area contributed by atoms with E-state index in [4.69, 9.17) is 4.43 Å². The van der Waals surface area contributed by atoms with Gasteiger partial charge in [-0.25, -0.2) is 0 Å². The average molecular weight is 465 g/mol. The SMILES string of the molecule is CC1=C[C@H]2[C@@]3(O)[C@H](C)[C@@H](O)[C@]4(O[Si](C)(C)C(C)C)[C@H]([C@@H]3C=C(CO)C[C@]2(O)C1=O)C4(C)C. The van der Waals surface area contributed by atoms with E-state index in [1.807, 2.05) is 13.0 Å². The van der Waals surface area contributed by atoms with Crippen molar-refractivity contribution in [1.29, 1.82) is 0 Å². The number of hydrogen-bond acceptors (Lipinski definition) is 6. The molecule has 0 radical (unpaired) electrons. The van der Waals surface area contributed by atoms with Gasteiger partial charge in [0.05, 0.1) is 23.9 Å². The molecule has 4 N–H and O–H groups in total. The Morgan fingerprint density at radius 3 is 2.34 bits per heavy atom. The summed E-state index contributed by atoms with van der Waals surface area (Å²) in [6.45, 7) is 16.0. The summed E-state index contributed by atoms with van der Waals surface area (Å²) in [5, 5.41) is 45.8. The highest BCUT2D eigenvalue weighted by Gasteiger charge is 2.85. The van der Waals surface area contributed by atoms with Gasteiger partial charge in [0.1, 0.15) is 5.60 Å². The molecule has 7 heteroatoms. The van der Waals surface area contributed by atoms with E-state index in [-0.39, 0.29) is 18.9 Å². The maximum Gasteiger partial charge on any atom is 0.190 e. The second-order valence-corrected chi connectivity index (χ2v) is 16.8. The fourth-order valence-electron chi connectivity index (χ4n) is 7.22. The third kappa shape index (κ3) is 2.67. The molecule has 4 aliphatic rings. The minimum Gasteiger partial charge on any atom is -0.408 e. The molecule has 2 saturated carbocycles. The Bertz CT molecular complexity index is 906. The Kier molecular flexibility index (Phi) is 5.21. The fourth-order valence-corrected chi connectivity index (χ4v) is 8.84. The van der Waals surface area contributed by atoms with Gasteiger partial charge in [0.25, 0.3) is 0 Å². The van der Waals surface area contributed by atoms with E-state index in [9.17, 15) is 25.2 Å². The molecule has 0 bridgehead atoms. The van der Waals surface area contributed by atoms with Crippen LogP contribution < -0.4 is 0 Å². The maximum atomic E-state index is 13.0. The molecule has 4 rings (SSSR count). The van der Waals surface area contributed by atoms with Crippen LogP contribution in [-0.2, 0) is 9.22 Å². The number of ketones is 1. The molecule has 0 aliphatic heterocycles. The van der Waals surface area contributed by atoms with Crippen molar-refractivity contribution >= 4 is 14.1 Å². The molecule has 0 heterocycles. The zero-order valence-electron chi connectivity index (χ0n) is 20.6. The molecule has 2 fully saturated rings. The molecule has 0 unspecified atom stereocenters. The molecule has 6 nitrogen and oxygen atoms in total. The summed E-state index contributed by atoms with van der Waals surface area (Å²) in [7, 11) is -2.17. The predicted octanol–water partition coefficient (Wildman–Crippen LogP) is 2.57. The Morgan fingerprint density at radius 1 is 1.22 bits per heavy atom. The van der Waals surface area contributed by atoms with Gasteiger partial charge in [-0.2, -0.15) is 0 Å². The molecule has 0 spiro atoms. The molecule has 8 atom stereocenters. The highest BCUT2D eigenvalue weighted by atomic mass is 28.4. The summed E-state index contributed by atoms with van der Waals surface area (Å²) in [6.07, 6.45) is 2.58. The van der Waals surface area contributed by atoms with Crippen molar-refractivity contribution in [3.8, 4) is 0 Å². The highest BCUT2D eigenvalue weighted by Crippen LogP contribution is 2.77. The van der Waals surface area contributed by atoms with Gasteiger partial charge in [-0.1, -0.05) is 46.8 Å². The minimum atomic E-state index is -2.17. The maximum absolute atomic E-state index is 13.0. The number of fused-ring (bicyclic) bond motifs is 5. The van der Waals surface area contributed by atoms with Crippen LogP contribution in [0.25, 0.3) is 0 Å². The van der Waals surface area contributed by atoms with Crippen molar-refractivity contribution in [2.45, 2.75) is 89.5 Å². The van der Waals surface area contributed by atoms with E-state index in [2.05, 4.69) is 40.8 Å². The summed E-state index contributed by atoms with van der Waals surface area (Å²) in [5.74, 6) is -2.59. The lowest BCUT2D eigenvalue weighted by Crippen LogP contribution is -2.66. The first-order chi connectivity index (χ1) is 14.5. The van der Waals surface area contributed by atoms with Gasteiger partial charge in [-0.3, -0.25) is 4.79 Å². The van der Waals surface area contributed by atoms with Crippen LogP contribution in [0.4, 0.5) is 0 Å². The second kappa shape index (κ2) is 6.86. The third-order valence-electron chi connectivity index (χ3n) is 9.82. The summed E-state index contributed by atoms with van der Waals surface area (Å²) in [6, 6.07) is 0. The number of aliphatic hydroxyl groups excluding tert-OH is 2. The lowest BCUT2D eigenvalue weighted by atomic mass is 9.59. The van der Waals surface area contributed by atoms with Gasteiger partial charge in [-0.05, 0) is 36.7 Å². The quantitative estimate of drug-likeness (QED) is 0.376. The molecule has 180 valence electrons. The van der Waals surface area contributed by atoms with Crippen molar-refractivity contribution in [2.24, 2.45) is 29.1 Å². The van der Waals surface area contributed by atoms with Crippen LogP contribution >= 0.6 is 0 Å². The largest absolute Gasteiger partial charge is 0.408 e. The number of aliphatic hydroxyl groups is 4. The van der Waals surface area contributed by atoms with Crippen molar-refractivity contribution in [2.75, 3.05) is 6.61 Å². The zero-order valence-corrected chi connectivity index (χ0v) is 21.6. The Balaban J connectivity index is 1.91. The van der Waals surface area contributed by atoms with Gasteiger partial charge in [-0.15, -0.1) is 0 Å². The van der Waals surface area contributed by atoms with E-state index in [1.54, 1.807) is 13.0 Å². The van der Waals surface area contributed by atoms with Crippen LogP contribution in [0, 0.1) is 29.1 Å². The molecule has 0 amide bonds. The standard InChI is InChI=1S/C25H40O6Si/c1-13(2)32(7,8)31-25-19(22(25,5)6)17-10-16(12-26)11-23(29)18(9-14(3)20(23)27)24(17,30)15(4)21(25)28/h9-10,13,15,17-19,21,26,28-30H,11-12H2,1-8H3/t15-,17+,18-,19-,21-,23-,24-,25-/m1/s1. The van der Waals surface area contributed by atoms with Gasteiger partial charge in [0, 0.05) is 35.5 Å². The summed E-state index contributed by atoms with van der Waals surface area (Å²) in [4.78, 5) is 13.0. The lowest BCUT2D eigenvalue weighted by molar-refractivity contribution is -0.206. The first kappa shape index (κ1) is 24.3. The smallest absolute Gasteiger partial charge is 0.190 e. The Morgan fingerprint density at radius 2 is 1.81 bits per heavy atom. The zero-order chi connectivity index (χ0) is 24.2. The van der Waals surface area contributed by atoms with E-state index < -0.39 is 60.2 Å². The molecule has 0 aromatic heterocycles. The monoisotopic (exact) mass is 464 g/mol. The molecule has 32 heavy (non-hydrogen) atoms. The third-order valence-corrected chi connectivity index (χ3v) is 13.5. The number of carbonyl (C=O) groups excluding carboxylic acids is 1. The van der Waals surface area contributed by atoms with Crippen molar-refractivity contribution in [3.63, 3.8) is 0 Å². The van der Waals surface area contributed by atoms with Crippen LogP contribution in [-0.4, -0.2) is 64.0 Å². The molecule has 0 aromatic rings. The molecule has 0 aromatic carbocycles. The molecule has 0 saturated heterocycles. The van der Waals surface area contributed by atoms with Crippen molar-refractivity contribution < 1.29 is 29.6 Å². The minimum absolute atomic E-state index is 0.0181. The second-order valence-electron chi connectivity index (χ2n) is 12.2. The highest BCUT2D eigenvalue weighted by molar-refractivity contribution is 6.72. The van der Waals surface area contributed by atoms with E-state index in [0.29, 0.717) is 16.7 Å². The van der Waals surface area contributed by atoms with Gasteiger partial charge >= 0.3 is 0 Å². The summed E-state index contributed by atoms with van der Waals surface area (Å²) in [5.41, 5.74) is -3.29. The number of Topliss-reactive ketones (excluding diaryl/α,β-unsaturated/α-hetero) is 1. The van der Waals surface area contributed by atoms with E-state index in [1.165, 1.54) is 0 Å². The van der Waals surface area contributed by atoms with Crippen molar-refractivity contribution in [3.05, 3.63) is 23.3 Å². The first-order valence-corrected chi connectivity index (χ1v) is 14.9. The molecular formula is C25H40O6Si. The van der Waals surface area contributed by atoms with Gasteiger partial charge in [0.15, 0.2) is 14.1 Å². The Labute approximate surface area is 192 Å². The topological polar surface area (TPSA) is 107 Å². The normalized spacial score (nSPS) is 47.3. The number of rotatable bonds is 4. The van der Waals surface area contributed by atoms with E-state index >= 15 is 0 Å². The lowest BCUT2D eigenvalue weighted by Gasteiger charge is -2.53. The fraction of sp³-hybridized carbons (Fsp3) is 0.800. The molecular weight excluding hydrogens is 424 g/mol. The molecule has 4 aliphatic carbocycles. The summed E-state index contributed by atoms with van der Waals surface area (Å²) >= 11 is 0. The first-order valence-electron chi connectivity index (χ1n) is 11.9. The number of carbonyl (C=O) groups is 1. The summed E-state index contributed by atoms with van der Waals surface area (Å²) < 4.78 is 6.92. The number of hydrogen-bond donors (Lipinski definition) is 4. The van der Waals surface area contributed by atoms with Crippen molar-refractivity contribution in [1.82, 2.24) is 0 Å². The van der Waals surface area contributed by atoms with Crippen LogP contribution in [0.15, 0.2) is 23.3 Å². The Hall–Kier alpha value is -0.833. The van der Waals surface area contributed by atoms with Crippen LogP contribution in [0.5, 0.6) is 0 Å². The van der Waals surface area contributed by atoms with E-state index in [0.717, 1.165) is 0 Å². The van der Waals surface area contributed by atoms with Crippen LogP contribution in [0.3, 0.4) is 0 Å². The van der Waals surface area contributed by atoms with Crippen LogP contribution in [0.1, 0.15) is 48.0 Å². The van der Waals surface area contributed by atoms with Crippen LogP contribution in [0.2, 0.25) is 18.6 Å². The van der Waals surface area contributed by atoms with Gasteiger partial charge in [0.2, 0.25) is 0 Å². The average Bonchev–Trinajstić information content (AvgIpc) is 3.12. The van der Waals surface area contributed by atoms with Gasteiger partial charge < -0.3 is 24.9 Å². The predicted molar refractivity (Wildman–Crippen MR) is 124 cm³/mol.